The number of amides is 2. The molecule has 0 radical (unpaired) electrons. The maximum atomic E-state index is 12.2. The molecule has 0 bridgehead atoms. The highest BCUT2D eigenvalue weighted by atomic mass is 16.5. The van der Waals surface area contributed by atoms with Crippen molar-refractivity contribution in [3.8, 4) is 11.5 Å². The van der Waals surface area contributed by atoms with E-state index in [9.17, 15) is 4.79 Å². The number of methoxy groups -OCH3 is 2. The summed E-state index contributed by atoms with van der Waals surface area (Å²) in [5, 5.41) is 7.10. The lowest BCUT2D eigenvalue weighted by atomic mass is 9.65. The fourth-order valence-electron chi connectivity index (χ4n) is 4.89. The van der Waals surface area contributed by atoms with Crippen LogP contribution in [0.3, 0.4) is 0 Å². The quantitative estimate of drug-likeness (QED) is 0.720. The van der Waals surface area contributed by atoms with Crippen LogP contribution in [0.1, 0.15) is 31.2 Å². The monoisotopic (exact) mass is 423 g/mol. The zero-order valence-electron chi connectivity index (χ0n) is 18.2. The molecule has 8 heteroatoms. The number of fused-ring (bicyclic) bond motifs is 1. The normalized spacial score (nSPS) is 24.5. The summed E-state index contributed by atoms with van der Waals surface area (Å²) in [7, 11) is 5.49. The number of urea groups is 1. The summed E-state index contributed by atoms with van der Waals surface area (Å²) in [6, 6.07) is 11.6. The van der Waals surface area contributed by atoms with Gasteiger partial charge in [0.1, 0.15) is 5.82 Å². The van der Waals surface area contributed by atoms with Crippen molar-refractivity contribution >= 4 is 17.6 Å². The van der Waals surface area contributed by atoms with Crippen molar-refractivity contribution in [3.63, 3.8) is 0 Å². The van der Waals surface area contributed by atoms with Gasteiger partial charge in [-0.1, -0.05) is 12.1 Å². The van der Waals surface area contributed by atoms with Gasteiger partial charge in [-0.05, 0) is 62.7 Å². The highest BCUT2D eigenvalue weighted by Gasteiger charge is 2.49. The second-order valence-corrected chi connectivity index (χ2v) is 8.14. The first-order valence-corrected chi connectivity index (χ1v) is 10.5. The highest BCUT2D eigenvalue weighted by molar-refractivity contribution is 5.91. The molecule has 1 saturated heterocycles. The van der Waals surface area contributed by atoms with Gasteiger partial charge in [-0.2, -0.15) is 5.10 Å². The Morgan fingerprint density at radius 2 is 2.03 bits per heavy atom. The van der Waals surface area contributed by atoms with E-state index in [0.717, 1.165) is 49.4 Å². The standard InChI is InChI=1S/C23H29N5O3/c1-28-13-11-23(16-7-8-18(30-2)19(14-16)31-3)10-9-17(15-20(23)28)26-27-22(29)25-21-6-4-5-12-24-21/h4-8,12,14,20H,9-11,13,15H2,1-3H3,(H2,24,25,27,29)/b26-17-/t20-,23-/m0/s1. The molecule has 8 nitrogen and oxygen atoms in total. The number of carbonyl (C=O) groups excluding carboxylic acids is 1. The summed E-state index contributed by atoms with van der Waals surface area (Å²) in [5.41, 5.74) is 4.95. The summed E-state index contributed by atoms with van der Waals surface area (Å²) in [6.07, 6.45) is 5.34. The van der Waals surface area contributed by atoms with Gasteiger partial charge >= 0.3 is 6.03 Å². The van der Waals surface area contributed by atoms with E-state index in [2.05, 4.69) is 44.9 Å². The summed E-state index contributed by atoms with van der Waals surface area (Å²) < 4.78 is 11.0. The number of pyridine rings is 1. The van der Waals surface area contributed by atoms with Gasteiger partial charge in [0.2, 0.25) is 0 Å². The molecule has 2 heterocycles. The predicted octanol–water partition coefficient (Wildman–Crippen LogP) is 3.40. The summed E-state index contributed by atoms with van der Waals surface area (Å²) in [4.78, 5) is 18.6. The smallest absolute Gasteiger partial charge is 0.340 e. The number of carbonyl (C=O) groups is 1. The number of anilines is 1. The zero-order valence-corrected chi connectivity index (χ0v) is 18.2. The number of hydrogen-bond acceptors (Lipinski definition) is 6. The van der Waals surface area contributed by atoms with Crippen molar-refractivity contribution in [2.75, 3.05) is 33.1 Å². The number of hydrogen-bond donors (Lipinski definition) is 2. The van der Waals surface area contributed by atoms with Crippen molar-refractivity contribution in [2.45, 2.75) is 37.1 Å². The van der Waals surface area contributed by atoms with Crippen molar-refractivity contribution in [2.24, 2.45) is 5.10 Å². The van der Waals surface area contributed by atoms with Gasteiger partial charge in [0.15, 0.2) is 11.5 Å². The van der Waals surface area contributed by atoms with Gasteiger partial charge in [0.05, 0.1) is 14.2 Å². The number of benzene rings is 1. The van der Waals surface area contributed by atoms with Crippen LogP contribution >= 0.6 is 0 Å². The molecule has 2 aliphatic rings. The lowest BCUT2D eigenvalue weighted by Crippen LogP contribution is -2.46. The zero-order chi connectivity index (χ0) is 21.8. The molecule has 1 aliphatic heterocycles. The third kappa shape index (κ3) is 4.20. The Bertz CT molecular complexity index is 965. The fourth-order valence-corrected chi connectivity index (χ4v) is 4.89. The molecule has 2 N–H and O–H groups in total. The number of hydrazone groups is 1. The molecule has 2 fully saturated rings. The van der Waals surface area contributed by atoms with E-state index in [0.29, 0.717) is 11.9 Å². The average molecular weight is 424 g/mol. The number of likely N-dealkylation sites (tertiary alicyclic amines) is 1. The minimum absolute atomic E-state index is 0.0452. The van der Waals surface area contributed by atoms with E-state index >= 15 is 0 Å². The number of likely N-dealkylation sites (N-methyl/N-ethyl adjacent to an activating group) is 1. The minimum atomic E-state index is -0.386. The number of rotatable bonds is 5. The van der Waals surface area contributed by atoms with E-state index in [1.54, 1.807) is 32.5 Å². The molecular weight excluding hydrogens is 394 g/mol. The third-order valence-electron chi connectivity index (χ3n) is 6.55. The maximum Gasteiger partial charge on any atom is 0.340 e. The van der Waals surface area contributed by atoms with Gasteiger partial charge in [-0.25, -0.2) is 15.2 Å². The number of aromatic nitrogens is 1. The van der Waals surface area contributed by atoms with Crippen LogP contribution in [0.25, 0.3) is 0 Å². The fraction of sp³-hybridized carbons (Fsp3) is 0.435. The molecule has 4 rings (SSSR count). The Morgan fingerprint density at radius 3 is 2.77 bits per heavy atom. The Labute approximate surface area is 182 Å². The van der Waals surface area contributed by atoms with E-state index in [1.807, 2.05) is 12.1 Å². The van der Waals surface area contributed by atoms with Crippen LogP contribution in [0.15, 0.2) is 47.7 Å². The molecular formula is C23H29N5O3. The second kappa shape index (κ2) is 8.93. The average Bonchev–Trinajstić information content (AvgIpc) is 3.15. The Morgan fingerprint density at radius 1 is 1.19 bits per heavy atom. The van der Waals surface area contributed by atoms with Crippen LogP contribution in [-0.2, 0) is 5.41 Å². The molecule has 1 aromatic heterocycles. The van der Waals surface area contributed by atoms with Crippen LogP contribution in [0.2, 0.25) is 0 Å². The SMILES string of the molecule is COc1ccc([C@@]23CC/C(=N/NC(=O)Nc4ccccn4)C[C@@H]2N(C)CC3)cc1OC. The molecule has 1 saturated carbocycles. The highest BCUT2D eigenvalue weighted by Crippen LogP contribution is 2.49. The van der Waals surface area contributed by atoms with Crippen LogP contribution in [0, 0.1) is 0 Å². The van der Waals surface area contributed by atoms with Gasteiger partial charge in [-0.15, -0.1) is 0 Å². The molecule has 0 spiro atoms. The van der Waals surface area contributed by atoms with Gasteiger partial charge in [0, 0.05) is 29.8 Å². The number of nitrogens with zero attached hydrogens (tertiary/aromatic N) is 3. The third-order valence-corrected chi connectivity index (χ3v) is 6.55. The Balaban J connectivity index is 1.49. The van der Waals surface area contributed by atoms with Gasteiger partial charge in [0.25, 0.3) is 0 Å². The number of ether oxygens (including phenoxy) is 2. The van der Waals surface area contributed by atoms with E-state index in [-0.39, 0.29) is 11.4 Å². The summed E-state index contributed by atoms with van der Waals surface area (Å²) in [6.45, 7) is 1.03. The molecule has 164 valence electrons. The van der Waals surface area contributed by atoms with Crippen LogP contribution < -0.4 is 20.2 Å². The first-order chi connectivity index (χ1) is 15.1. The molecule has 31 heavy (non-hydrogen) atoms. The lowest BCUT2D eigenvalue weighted by molar-refractivity contribution is 0.225. The Kier molecular flexibility index (Phi) is 6.08. The van der Waals surface area contributed by atoms with Crippen LogP contribution in [0.4, 0.5) is 10.6 Å². The van der Waals surface area contributed by atoms with Gasteiger partial charge < -0.3 is 14.4 Å². The molecule has 2 atom stereocenters. The van der Waals surface area contributed by atoms with Crippen molar-refractivity contribution < 1.29 is 14.3 Å². The van der Waals surface area contributed by atoms with E-state index in [1.165, 1.54) is 5.56 Å². The summed E-state index contributed by atoms with van der Waals surface area (Å²) in [5.74, 6) is 1.99. The molecule has 1 aromatic carbocycles. The summed E-state index contributed by atoms with van der Waals surface area (Å²) >= 11 is 0. The van der Waals surface area contributed by atoms with Crippen molar-refractivity contribution in [1.29, 1.82) is 0 Å². The van der Waals surface area contributed by atoms with E-state index in [4.69, 9.17) is 9.47 Å². The second-order valence-electron chi connectivity index (χ2n) is 8.14. The van der Waals surface area contributed by atoms with E-state index < -0.39 is 0 Å². The topological polar surface area (TPSA) is 88.1 Å². The van der Waals surface area contributed by atoms with Crippen LogP contribution in [0.5, 0.6) is 11.5 Å². The largest absolute Gasteiger partial charge is 0.493 e. The molecule has 1 aliphatic carbocycles. The Hall–Kier alpha value is -3.13. The first-order valence-electron chi connectivity index (χ1n) is 10.5. The van der Waals surface area contributed by atoms with Crippen molar-refractivity contribution in [1.82, 2.24) is 15.3 Å². The van der Waals surface area contributed by atoms with Gasteiger partial charge in [-0.3, -0.25) is 5.32 Å². The molecule has 0 unspecified atom stereocenters. The first kappa shape index (κ1) is 21.1. The molecule has 2 amide bonds. The minimum Gasteiger partial charge on any atom is -0.493 e. The predicted molar refractivity (Wildman–Crippen MR) is 120 cm³/mol. The lowest BCUT2D eigenvalue weighted by Gasteiger charge is -2.42. The number of nitrogens with one attached hydrogen (secondary N) is 2. The maximum absolute atomic E-state index is 12.2. The molecule has 2 aromatic rings. The van der Waals surface area contributed by atoms with Crippen LogP contribution in [-0.4, -0.2) is 55.5 Å². The van der Waals surface area contributed by atoms with Crippen molar-refractivity contribution in [3.05, 3.63) is 48.2 Å².